The largest absolute Gasteiger partial charge is 0.234 e. The third kappa shape index (κ3) is 9.77. The number of rotatable bonds is 9. The van der Waals surface area contributed by atoms with Crippen molar-refractivity contribution in [2.45, 2.75) is 58.7 Å². The average Bonchev–Trinajstić information content (AvgIpc) is 2.11. The summed E-state index contributed by atoms with van der Waals surface area (Å²) in [6, 6.07) is 0. The van der Waals surface area contributed by atoms with Gasteiger partial charge < -0.3 is 0 Å². The SMILES string of the molecule is CCCCCCOOC(F)CCC. The van der Waals surface area contributed by atoms with Crippen LogP contribution in [-0.4, -0.2) is 13.0 Å². The van der Waals surface area contributed by atoms with Crippen molar-refractivity contribution in [1.29, 1.82) is 0 Å². The molecule has 0 aliphatic heterocycles. The minimum atomic E-state index is -1.25. The molecule has 0 radical (unpaired) electrons. The molecule has 2 nitrogen and oxygen atoms in total. The second kappa shape index (κ2) is 9.93. The van der Waals surface area contributed by atoms with Crippen molar-refractivity contribution in [3.05, 3.63) is 0 Å². The first-order valence-corrected chi connectivity index (χ1v) is 5.23. The lowest BCUT2D eigenvalue weighted by molar-refractivity contribution is -0.353. The number of alkyl halides is 1. The lowest BCUT2D eigenvalue weighted by Gasteiger charge is -2.07. The van der Waals surface area contributed by atoms with Gasteiger partial charge in [-0.2, -0.15) is 4.89 Å². The molecule has 0 rings (SSSR count). The molecule has 1 atom stereocenters. The van der Waals surface area contributed by atoms with E-state index in [2.05, 4.69) is 11.8 Å². The van der Waals surface area contributed by atoms with Gasteiger partial charge in [0, 0.05) is 6.42 Å². The Kier molecular flexibility index (Phi) is 9.82. The fraction of sp³-hybridized carbons (Fsp3) is 1.00. The monoisotopic (exact) mass is 192 g/mol. The highest BCUT2D eigenvalue weighted by Crippen LogP contribution is 2.05. The lowest BCUT2D eigenvalue weighted by Crippen LogP contribution is -2.07. The van der Waals surface area contributed by atoms with E-state index in [1.807, 2.05) is 6.92 Å². The van der Waals surface area contributed by atoms with Crippen LogP contribution >= 0.6 is 0 Å². The van der Waals surface area contributed by atoms with Crippen LogP contribution in [0.2, 0.25) is 0 Å². The van der Waals surface area contributed by atoms with E-state index in [1.54, 1.807) is 0 Å². The first-order valence-electron chi connectivity index (χ1n) is 5.23. The number of halogens is 1. The van der Waals surface area contributed by atoms with E-state index < -0.39 is 6.36 Å². The summed E-state index contributed by atoms with van der Waals surface area (Å²) in [5.74, 6) is 0. The Morgan fingerprint density at radius 1 is 1.08 bits per heavy atom. The molecular weight excluding hydrogens is 171 g/mol. The minimum absolute atomic E-state index is 0.412. The Labute approximate surface area is 80.3 Å². The van der Waals surface area contributed by atoms with Gasteiger partial charge in [0.25, 0.3) is 0 Å². The number of hydrogen-bond acceptors (Lipinski definition) is 2. The molecule has 3 heteroatoms. The van der Waals surface area contributed by atoms with Crippen molar-refractivity contribution in [3.63, 3.8) is 0 Å². The van der Waals surface area contributed by atoms with E-state index in [4.69, 9.17) is 4.89 Å². The predicted molar refractivity (Wildman–Crippen MR) is 51.0 cm³/mol. The van der Waals surface area contributed by atoms with Gasteiger partial charge in [0.2, 0.25) is 6.36 Å². The zero-order valence-corrected chi connectivity index (χ0v) is 8.72. The van der Waals surface area contributed by atoms with Crippen LogP contribution in [0.4, 0.5) is 4.39 Å². The van der Waals surface area contributed by atoms with E-state index in [9.17, 15) is 4.39 Å². The Morgan fingerprint density at radius 3 is 2.46 bits per heavy atom. The quantitative estimate of drug-likeness (QED) is 0.315. The first-order chi connectivity index (χ1) is 6.31. The van der Waals surface area contributed by atoms with Crippen LogP contribution in [0.3, 0.4) is 0 Å². The van der Waals surface area contributed by atoms with E-state index in [-0.39, 0.29) is 0 Å². The summed E-state index contributed by atoms with van der Waals surface area (Å²) in [5.41, 5.74) is 0. The van der Waals surface area contributed by atoms with Crippen LogP contribution in [0.1, 0.15) is 52.4 Å². The number of hydrogen-bond donors (Lipinski definition) is 0. The van der Waals surface area contributed by atoms with Gasteiger partial charge in [-0.25, -0.2) is 9.28 Å². The maximum absolute atomic E-state index is 12.6. The number of unbranched alkanes of at least 4 members (excludes halogenated alkanes) is 3. The molecule has 0 aromatic heterocycles. The van der Waals surface area contributed by atoms with Crippen LogP contribution < -0.4 is 0 Å². The van der Waals surface area contributed by atoms with Gasteiger partial charge in [-0.1, -0.05) is 39.5 Å². The molecule has 0 bridgehead atoms. The summed E-state index contributed by atoms with van der Waals surface area (Å²) in [6.45, 7) is 4.57. The van der Waals surface area contributed by atoms with E-state index in [0.717, 1.165) is 19.3 Å². The van der Waals surface area contributed by atoms with Gasteiger partial charge in [0.15, 0.2) is 0 Å². The molecule has 0 amide bonds. The van der Waals surface area contributed by atoms with Crippen molar-refractivity contribution in [3.8, 4) is 0 Å². The standard InChI is InChI=1S/C10H21FO2/c1-3-5-6-7-9-12-13-10(11)8-4-2/h10H,3-9H2,1-2H3. The van der Waals surface area contributed by atoms with Crippen LogP contribution in [0, 0.1) is 0 Å². The summed E-state index contributed by atoms with van der Waals surface area (Å²) in [7, 11) is 0. The van der Waals surface area contributed by atoms with Gasteiger partial charge in [0.05, 0.1) is 6.61 Å². The fourth-order valence-corrected chi connectivity index (χ4v) is 0.985. The molecule has 0 N–H and O–H groups in total. The zero-order chi connectivity index (χ0) is 9.94. The molecule has 0 saturated carbocycles. The molecule has 0 fully saturated rings. The van der Waals surface area contributed by atoms with Crippen molar-refractivity contribution < 1.29 is 14.2 Å². The summed E-state index contributed by atoms with van der Waals surface area (Å²) >= 11 is 0. The first kappa shape index (κ1) is 12.8. The normalized spacial score (nSPS) is 13.2. The third-order valence-electron chi connectivity index (χ3n) is 1.77. The highest BCUT2D eigenvalue weighted by atomic mass is 19.1. The predicted octanol–water partition coefficient (Wildman–Crippen LogP) is 3.61. The highest BCUT2D eigenvalue weighted by Gasteiger charge is 2.04. The summed E-state index contributed by atoms with van der Waals surface area (Å²) in [4.78, 5) is 9.22. The van der Waals surface area contributed by atoms with Gasteiger partial charge in [-0.15, -0.1) is 0 Å². The van der Waals surface area contributed by atoms with Crippen molar-refractivity contribution in [1.82, 2.24) is 0 Å². The smallest absolute Gasteiger partial charge is 0.231 e. The Morgan fingerprint density at radius 2 is 1.85 bits per heavy atom. The molecule has 0 heterocycles. The molecule has 80 valence electrons. The summed E-state index contributed by atoms with van der Waals surface area (Å²) < 4.78 is 12.6. The summed E-state index contributed by atoms with van der Waals surface area (Å²) in [6.07, 6.45) is 4.42. The minimum Gasteiger partial charge on any atom is -0.234 e. The maximum atomic E-state index is 12.6. The molecule has 0 saturated heterocycles. The van der Waals surface area contributed by atoms with Crippen LogP contribution in [0.5, 0.6) is 0 Å². The lowest BCUT2D eigenvalue weighted by atomic mass is 10.2. The highest BCUT2D eigenvalue weighted by molar-refractivity contribution is 4.38. The van der Waals surface area contributed by atoms with Crippen molar-refractivity contribution >= 4 is 0 Å². The molecule has 0 aromatic rings. The topological polar surface area (TPSA) is 18.5 Å². The Hall–Kier alpha value is -0.150. The van der Waals surface area contributed by atoms with Gasteiger partial charge in [-0.3, -0.25) is 0 Å². The Bertz CT molecular complexity index is 98.9. The average molecular weight is 192 g/mol. The van der Waals surface area contributed by atoms with E-state index in [0.29, 0.717) is 13.0 Å². The molecule has 0 aliphatic rings. The van der Waals surface area contributed by atoms with E-state index in [1.165, 1.54) is 12.8 Å². The van der Waals surface area contributed by atoms with Crippen molar-refractivity contribution in [2.75, 3.05) is 6.61 Å². The van der Waals surface area contributed by atoms with Crippen LogP contribution in [0.15, 0.2) is 0 Å². The second-order valence-corrected chi connectivity index (χ2v) is 3.18. The third-order valence-corrected chi connectivity index (χ3v) is 1.77. The molecule has 0 aliphatic carbocycles. The summed E-state index contributed by atoms with van der Waals surface area (Å²) in [5, 5.41) is 0. The van der Waals surface area contributed by atoms with E-state index >= 15 is 0 Å². The molecule has 0 spiro atoms. The van der Waals surface area contributed by atoms with Gasteiger partial charge in [-0.05, 0) is 6.42 Å². The van der Waals surface area contributed by atoms with Gasteiger partial charge >= 0.3 is 0 Å². The van der Waals surface area contributed by atoms with Crippen LogP contribution in [0.25, 0.3) is 0 Å². The van der Waals surface area contributed by atoms with Crippen LogP contribution in [-0.2, 0) is 9.78 Å². The molecule has 0 aromatic carbocycles. The maximum Gasteiger partial charge on any atom is 0.231 e. The molecule has 1 unspecified atom stereocenters. The van der Waals surface area contributed by atoms with Crippen molar-refractivity contribution in [2.24, 2.45) is 0 Å². The fourth-order valence-electron chi connectivity index (χ4n) is 0.985. The second-order valence-electron chi connectivity index (χ2n) is 3.18. The zero-order valence-electron chi connectivity index (χ0n) is 8.72. The Balaban J connectivity index is 2.97. The molecule has 13 heavy (non-hydrogen) atoms. The van der Waals surface area contributed by atoms with Gasteiger partial charge in [0.1, 0.15) is 0 Å². The molecular formula is C10H21FO2.